The highest BCUT2D eigenvalue weighted by Crippen LogP contribution is 2.27. The molecule has 0 heterocycles. The molecule has 2 aromatic carbocycles. The van der Waals surface area contributed by atoms with Crippen LogP contribution in [0.25, 0.3) is 0 Å². The first kappa shape index (κ1) is 28.3. The monoisotopic (exact) mass is 553 g/mol. The third-order valence-electron chi connectivity index (χ3n) is 6.54. The van der Waals surface area contributed by atoms with Crippen LogP contribution in [0.2, 0.25) is 10.0 Å². The first-order valence-electron chi connectivity index (χ1n) is 12.0. The summed E-state index contributed by atoms with van der Waals surface area (Å²) in [5, 5.41) is 3.58. The molecule has 1 atom stereocenters. The number of carbonyl (C=O) groups excluding carboxylic acids is 2. The van der Waals surface area contributed by atoms with Gasteiger partial charge in [0.25, 0.3) is 0 Å². The topological polar surface area (TPSA) is 86.8 Å². The molecule has 1 saturated carbocycles. The summed E-state index contributed by atoms with van der Waals surface area (Å²) in [4.78, 5) is 28.3. The number of sulfonamides is 1. The largest absolute Gasteiger partial charge is 0.352 e. The number of nitrogens with zero attached hydrogens (tertiary/aromatic N) is 2. The van der Waals surface area contributed by atoms with E-state index in [0.29, 0.717) is 0 Å². The Morgan fingerprint density at radius 1 is 1.06 bits per heavy atom. The second-order valence-electron chi connectivity index (χ2n) is 9.36. The van der Waals surface area contributed by atoms with Gasteiger partial charge in [-0.2, -0.15) is 0 Å². The smallest absolute Gasteiger partial charge is 0.244 e. The van der Waals surface area contributed by atoms with Gasteiger partial charge in [-0.15, -0.1) is 0 Å². The Balaban J connectivity index is 1.90. The number of halogens is 2. The van der Waals surface area contributed by atoms with Gasteiger partial charge in [0, 0.05) is 22.6 Å². The van der Waals surface area contributed by atoms with Crippen molar-refractivity contribution in [3.05, 3.63) is 63.6 Å². The van der Waals surface area contributed by atoms with Crippen molar-refractivity contribution in [1.29, 1.82) is 0 Å². The standard InChI is InChI=1S/C26H33Cl2N3O4S/c1-18-9-7-8-10-20(18)16-30(19(2)26(33)29-23-11-5-4-6-12-23)25(32)17-31(36(3,34)35)24-14-21(27)13-22(28)15-24/h7-10,13-15,19,23H,4-6,11-12,16-17H2,1-3H3,(H,29,33). The maximum Gasteiger partial charge on any atom is 0.244 e. The van der Waals surface area contributed by atoms with Gasteiger partial charge in [0.1, 0.15) is 12.6 Å². The molecule has 0 aliphatic heterocycles. The number of aryl methyl sites for hydroxylation is 1. The predicted molar refractivity (Wildman–Crippen MR) is 145 cm³/mol. The van der Waals surface area contributed by atoms with Crippen molar-refractivity contribution in [2.45, 2.75) is 64.6 Å². The fourth-order valence-electron chi connectivity index (χ4n) is 4.42. The van der Waals surface area contributed by atoms with Crippen LogP contribution in [0.5, 0.6) is 0 Å². The molecule has 2 amide bonds. The van der Waals surface area contributed by atoms with Crippen LogP contribution in [0.15, 0.2) is 42.5 Å². The van der Waals surface area contributed by atoms with Crippen LogP contribution in [-0.2, 0) is 26.2 Å². The van der Waals surface area contributed by atoms with Crippen LogP contribution in [0.4, 0.5) is 5.69 Å². The lowest BCUT2D eigenvalue weighted by Crippen LogP contribution is -2.53. The van der Waals surface area contributed by atoms with E-state index >= 15 is 0 Å². The molecule has 7 nitrogen and oxygen atoms in total. The van der Waals surface area contributed by atoms with E-state index in [4.69, 9.17) is 23.2 Å². The van der Waals surface area contributed by atoms with Gasteiger partial charge in [-0.05, 0) is 56.0 Å². The average molecular weight is 555 g/mol. The molecule has 1 aliphatic carbocycles. The fraction of sp³-hybridized carbons (Fsp3) is 0.462. The van der Waals surface area contributed by atoms with E-state index in [0.717, 1.165) is 53.8 Å². The van der Waals surface area contributed by atoms with Gasteiger partial charge in [0.05, 0.1) is 11.9 Å². The van der Waals surface area contributed by atoms with Crippen molar-refractivity contribution in [2.75, 3.05) is 17.1 Å². The van der Waals surface area contributed by atoms with E-state index in [1.54, 1.807) is 6.92 Å². The van der Waals surface area contributed by atoms with Crippen LogP contribution < -0.4 is 9.62 Å². The van der Waals surface area contributed by atoms with Gasteiger partial charge in [-0.3, -0.25) is 13.9 Å². The van der Waals surface area contributed by atoms with E-state index in [2.05, 4.69) is 5.32 Å². The highest BCUT2D eigenvalue weighted by Gasteiger charge is 2.31. The molecule has 3 rings (SSSR count). The summed E-state index contributed by atoms with van der Waals surface area (Å²) in [5.41, 5.74) is 2.02. The molecule has 0 spiro atoms. The maximum atomic E-state index is 13.7. The van der Waals surface area contributed by atoms with E-state index in [9.17, 15) is 18.0 Å². The van der Waals surface area contributed by atoms with Gasteiger partial charge in [0.15, 0.2) is 0 Å². The molecule has 1 unspecified atom stereocenters. The number of hydrogen-bond acceptors (Lipinski definition) is 4. The van der Waals surface area contributed by atoms with E-state index < -0.39 is 28.5 Å². The molecule has 0 saturated heterocycles. The van der Waals surface area contributed by atoms with Crippen LogP contribution >= 0.6 is 23.2 Å². The van der Waals surface area contributed by atoms with Gasteiger partial charge < -0.3 is 10.2 Å². The van der Waals surface area contributed by atoms with Crippen molar-refractivity contribution < 1.29 is 18.0 Å². The fourth-order valence-corrected chi connectivity index (χ4v) is 5.77. The SMILES string of the molecule is Cc1ccccc1CN(C(=O)CN(c1cc(Cl)cc(Cl)c1)S(C)(=O)=O)C(C)C(=O)NC1CCCCC1. The van der Waals surface area contributed by atoms with E-state index in [-0.39, 0.29) is 34.2 Å². The molecule has 0 bridgehead atoms. The number of rotatable bonds is 9. The molecular formula is C26H33Cl2N3O4S. The minimum Gasteiger partial charge on any atom is -0.352 e. The van der Waals surface area contributed by atoms with Crippen LogP contribution in [0.3, 0.4) is 0 Å². The van der Waals surface area contributed by atoms with E-state index in [1.165, 1.54) is 23.1 Å². The summed E-state index contributed by atoms with van der Waals surface area (Å²) < 4.78 is 26.3. The number of carbonyl (C=O) groups is 2. The minimum atomic E-state index is -3.86. The first-order valence-corrected chi connectivity index (χ1v) is 14.6. The Morgan fingerprint density at radius 3 is 2.25 bits per heavy atom. The third-order valence-corrected chi connectivity index (χ3v) is 8.11. The van der Waals surface area contributed by atoms with Crippen LogP contribution in [0, 0.1) is 6.92 Å². The van der Waals surface area contributed by atoms with Crippen molar-refractivity contribution in [2.24, 2.45) is 0 Å². The second-order valence-corrected chi connectivity index (χ2v) is 12.1. The Hall–Kier alpha value is -2.29. The van der Waals surface area contributed by atoms with Crippen molar-refractivity contribution in [1.82, 2.24) is 10.2 Å². The Kier molecular flexibility index (Phi) is 9.66. The van der Waals surface area contributed by atoms with Crippen LogP contribution in [-0.4, -0.2) is 50.0 Å². The molecule has 2 aromatic rings. The Bertz CT molecular complexity index is 1180. The van der Waals surface area contributed by atoms with Gasteiger partial charge >= 0.3 is 0 Å². The average Bonchev–Trinajstić information content (AvgIpc) is 2.80. The van der Waals surface area contributed by atoms with Crippen molar-refractivity contribution >= 4 is 50.7 Å². The normalized spacial score (nSPS) is 15.2. The van der Waals surface area contributed by atoms with Crippen LogP contribution in [0.1, 0.15) is 50.2 Å². The lowest BCUT2D eigenvalue weighted by molar-refractivity contribution is -0.139. The summed E-state index contributed by atoms with van der Waals surface area (Å²) in [6.07, 6.45) is 6.14. The molecule has 196 valence electrons. The highest BCUT2D eigenvalue weighted by atomic mass is 35.5. The molecule has 36 heavy (non-hydrogen) atoms. The summed E-state index contributed by atoms with van der Waals surface area (Å²) >= 11 is 12.2. The predicted octanol–water partition coefficient (Wildman–Crippen LogP) is 4.93. The molecule has 1 N–H and O–H groups in total. The molecule has 0 aromatic heterocycles. The summed E-state index contributed by atoms with van der Waals surface area (Å²) in [5.74, 6) is -0.758. The number of amides is 2. The number of benzene rings is 2. The molecule has 0 radical (unpaired) electrons. The minimum absolute atomic E-state index is 0.0882. The lowest BCUT2D eigenvalue weighted by atomic mass is 9.95. The Morgan fingerprint density at radius 2 is 1.67 bits per heavy atom. The summed E-state index contributed by atoms with van der Waals surface area (Å²) in [6.45, 7) is 3.28. The quantitative estimate of drug-likeness (QED) is 0.476. The van der Waals surface area contributed by atoms with Gasteiger partial charge in [0.2, 0.25) is 21.8 Å². The van der Waals surface area contributed by atoms with Crippen molar-refractivity contribution in [3.8, 4) is 0 Å². The molecule has 1 fully saturated rings. The third kappa shape index (κ3) is 7.60. The first-order chi connectivity index (χ1) is 17.0. The molecular weight excluding hydrogens is 521 g/mol. The zero-order valence-electron chi connectivity index (χ0n) is 20.8. The lowest BCUT2D eigenvalue weighted by Gasteiger charge is -2.33. The molecule has 1 aliphatic rings. The van der Waals surface area contributed by atoms with Gasteiger partial charge in [-0.25, -0.2) is 8.42 Å². The maximum absolute atomic E-state index is 13.7. The second kappa shape index (κ2) is 12.3. The summed E-state index contributed by atoms with van der Waals surface area (Å²) in [6, 6.07) is 11.2. The number of hydrogen-bond donors (Lipinski definition) is 1. The molecule has 10 heteroatoms. The highest BCUT2D eigenvalue weighted by molar-refractivity contribution is 7.92. The van der Waals surface area contributed by atoms with Gasteiger partial charge in [-0.1, -0.05) is 66.7 Å². The zero-order valence-corrected chi connectivity index (χ0v) is 23.2. The van der Waals surface area contributed by atoms with E-state index in [1.807, 2.05) is 31.2 Å². The number of anilines is 1. The summed E-state index contributed by atoms with van der Waals surface area (Å²) in [7, 11) is -3.86. The zero-order chi connectivity index (χ0) is 26.5. The van der Waals surface area contributed by atoms with Crippen molar-refractivity contribution in [3.63, 3.8) is 0 Å². The Labute approximate surface area is 223 Å². The number of nitrogens with one attached hydrogen (secondary N) is 1.